The number of carbonyl (C=O) groups excluding carboxylic acids is 1. The molecule has 1 atom stereocenters. The fourth-order valence-corrected chi connectivity index (χ4v) is 3.45. The van der Waals surface area contributed by atoms with Crippen LogP contribution in [0, 0.1) is 0 Å². The lowest BCUT2D eigenvalue weighted by Gasteiger charge is -2.40. The Balaban J connectivity index is 1.77. The molecule has 20 heavy (non-hydrogen) atoms. The SMILES string of the molecule is CN(C)C(=O)C1CNCCN1C1Cc2ccccc2C1. The van der Waals surface area contributed by atoms with Crippen LogP contribution in [0.5, 0.6) is 0 Å². The van der Waals surface area contributed by atoms with Gasteiger partial charge in [-0.1, -0.05) is 24.3 Å². The third-order valence-electron chi connectivity index (χ3n) is 4.51. The van der Waals surface area contributed by atoms with E-state index in [1.54, 1.807) is 4.90 Å². The number of fused-ring (bicyclic) bond motifs is 1. The van der Waals surface area contributed by atoms with Crippen LogP contribution in [0.15, 0.2) is 24.3 Å². The fraction of sp³-hybridized carbons (Fsp3) is 0.562. The van der Waals surface area contributed by atoms with Crippen molar-refractivity contribution in [1.82, 2.24) is 15.1 Å². The van der Waals surface area contributed by atoms with Gasteiger partial charge < -0.3 is 10.2 Å². The highest BCUT2D eigenvalue weighted by Crippen LogP contribution is 2.27. The van der Waals surface area contributed by atoms with Crippen LogP contribution < -0.4 is 5.32 Å². The zero-order valence-corrected chi connectivity index (χ0v) is 12.3. The van der Waals surface area contributed by atoms with Crippen molar-refractivity contribution in [3.63, 3.8) is 0 Å². The average Bonchev–Trinajstić information content (AvgIpc) is 2.90. The minimum absolute atomic E-state index is 0.0157. The lowest BCUT2D eigenvalue weighted by atomic mass is 10.1. The minimum Gasteiger partial charge on any atom is -0.347 e. The van der Waals surface area contributed by atoms with E-state index in [2.05, 4.69) is 34.5 Å². The summed E-state index contributed by atoms with van der Waals surface area (Å²) in [5, 5.41) is 3.36. The number of piperazine rings is 1. The maximum absolute atomic E-state index is 12.4. The molecular formula is C16H23N3O. The van der Waals surface area contributed by atoms with Crippen LogP contribution in [0.25, 0.3) is 0 Å². The number of amides is 1. The van der Waals surface area contributed by atoms with Crippen LogP contribution in [0.3, 0.4) is 0 Å². The Bertz CT molecular complexity index is 475. The van der Waals surface area contributed by atoms with Crippen molar-refractivity contribution in [2.45, 2.75) is 24.9 Å². The standard InChI is InChI=1S/C16H23N3O/c1-18(2)16(20)15-11-17-7-8-19(15)14-9-12-5-3-4-6-13(12)10-14/h3-6,14-15,17H,7-11H2,1-2H3. The number of likely N-dealkylation sites (N-methyl/N-ethyl adjacent to an activating group) is 1. The Morgan fingerprint density at radius 3 is 2.50 bits per heavy atom. The van der Waals surface area contributed by atoms with Crippen molar-refractivity contribution in [3.8, 4) is 0 Å². The maximum atomic E-state index is 12.4. The number of nitrogens with one attached hydrogen (secondary N) is 1. The second kappa shape index (κ2) is 5.54. The van der Waals surface area contributed by atoms with Crippen LogP contribution in [0.4, 0.5) is 0 Å². The molecule has 0 aromatic heterocycles. The van der Waals surface area contributed by atoms with Crippen LogP contribution in [-0.4, -0.2) is 61.5 Å². The van der Waals surface area contributed by atoms with Crippen molar-refractivity contribution in [3.05, 3.63) is 35.4 Å². The highest BCUT2D eigenvalue weighted by molar-refractivity contribution is 5.81. The zero-order chi connectivity index (χ0) is 14.1. The molecule has 1 heterocycles. The Hall–Kier alpha value is -1.39. The first-order valence-electron chi connectivity index (χ1n) is 7.41. The van der Waals surface area contributed by atoms with Gasteiger partial charge in [-0.3, -0.25) is 9.69 Å². The van der Waals surface area contributed by atoms with Gasteiger partial charge in [-0.05, 0) is 24.0 Å². The van der Waals surface area contributed by atoms with Gasteiger partial charge in [0.05, 0.1) is 0 Å². The van der Waals surface area contributed by atoms with Crippen molar-refractivity contribution in [2.24, 2.45) is 0 Å². The number of carbonyl (C=O) groups is 1. The van der Waals surface area contributed by atoms with Gasteiger partial charge in [-0.25, -0.2) is 0 Å². The van der Waals surface area contributed by atoms with E-state index in [1.165, 1.54) is 11.1 Å². The summed E-state index contributed by atoms with van der Waals surface area (Å²) in [4.78, 5) is 16.5. The highest BCUT2D eigenvalue weighted by atomic mass is 16.2. The maximum Gasteiger partial charge on any atom is 0.240 e. The smallest absolute Gasteiger partial charge is 0.240 e. The van der Waals surface area contributed by atoms with Crippen LogP contribution >= 0.6 is 0 Å². The van der Waals surface area contributed by atoms with E-state index in [1.807, 2.05) is 14.1 Å². The second-order valence-corrected chi connectivity index (χ2v) is 6.02. The van der Waals surface area contributed by atoms with Crippen molar-refractivity contribution >= 4 is 5.91 Å². The van der Waals surface area contributed by atoms with Crippen LogP contribution in [-0.2, 0) is 17.6 Å². The molecule has 4 nitrogen and oxygen atoms in total. The molecule has 1 amide bonds. The lowest BCUT2D eigenvalue weighted by molar-refractivity contribution is -0.136. The Labute approximate surface area is 120 Å². The van der Waals surface area contributed by atoms with Crippen molar-refractivity contribution in [1.29, 1.82) is 0 Å². The quantitative estimate of drug-likeness (QED) is 0.853. The third kappa shape index (κ3) is 2.45. The first-order valence-corrected chi connectivity index (χ1v) is 7.41. The second-order valence-electron chi connectivity index (χ2n) is 6.02. The number of hydrogen-bond donors (Lipinski definition) is 1. The van der Waals surface area contributed by atoms with Gasteiger partial charge >= 0.3 is 0 Å². The summed E-state index contributed by atoms with van der Waals surface area (Å²) in [5.74, 6) is 0.216. The van der Waals surface area contributed by atoms with Gasteiger partial charge in [0.2, 0.25) is 5.91 Å². The average molecular weight is 273 g/mol. The highest BCUT2D eigenvalue weighted by Gasteiger charge is 2.36. The third-order valence-corrected chi connectivity index (χ3v) is 4.51. The van der Waals surface area contributed by atoms with Crippen LogP contribution in [0.1, 0.15) is 11.1 Å². The monoisotopic (exact) mass is 273 g/mol. The lowest BCUT2D eigenvalue weighted by Crippen LogP contribution is -2.60. The Morgan fingerprint density at radius 2 is 1.90 bits per heavy atom. The minimum atomic E-state index is -0.0157. The summed E-state index contributed by atoms with van der Waals surface area (Å²) >= 11 is 0. The van der Waals surface area contributed by atoms with Crippen molar-refractivity contribution < 1.29 is 4.79 Å². The molecular weight excluding hydrogens is 250 g/mol. The van der Waals surface area contributed by atoms with Gasteiger partial charge in [0.15, 0.2) is 0 Å². The molecule has 2 aliphatic rings. The molecule has 0 spiro atoms. The number of benzene rings is 1. The van der Waals surface area contributed by atoms with E-state index in [0.29, 0.717) is 6.04 Å². The molecule has 1 N–H and O–H groups in total. The van der Waals surface area contributed by atoms with Gasteiger partial charge in [0, 0.05) is 39.8 Å². The summed E-state index contributed by atoms with van der Waals surface area (Å²) in [6.07, 6.45) is 2.15. The van der Waals surface area contributed by atoms with Gasteiger partial charge in [-0.2, -0.15) is 0 Å². The molecule has 1 saturated heterocycles. The van der Waals surface area contributed by atoms with E-state index < -0.39 is 0 Å². The van der Waals surface area contributed by atoms with E-state index >= 15 is 0 Å². The largest absolute Gasteiger partial charge is 0.347 e. The molecule has 1 fully saturated rings. The van der Waals surface area contributed by atoms with Gasteiger partial charge in [0.1, 0.15) is 6.04 Å². The molecule has 1 aromatic rings. The summed E-state index contributed by atoms with van der Waals surface area (Å²) in [6, 6.07) is 9.13. The van der Waals surface area contributed by atoms with Gasteiger partial charge in [0.25, 0.3) is 0 Å². The Morgan fingerprint density at radius 1 is 1.25 bits per heavy atom. The predicted molar refractivity (Wildman–Crippen MR) is 79.7 cm³/mol. The summed E-state index contributed by atoms with van der Waals surface area (Å²) in [6.45, 7) is 2.71. The first kappa shape index (κ1) is 13.6. The molecule has 108 valence electrons. The van der Waals surface area contributed by atoms with Crippen LogP contribution in [0.2, 0.25) is 0 Å². The number of hydrogen-bond acceptors (Lipinski definition) is 3. The molecule has 0 radical (unpaired) electrons. The molecule has 1 aliphatic heterocycles. The molecule has 1 aromatic carbocycles. The number of rotatable bonds is 2. The fourth-order valence-electron chi connectivity index (χ4n) is 3.45. The van der Waals surface area contributed by atoms with E-state index in [4.69, 9.17) is 0 Å². The van der Waals surface area contributed by atoms with E-state index in [9.17, 15) is 4.79 Å². The molecule has 0 saturated carbocycles. The number of nitrogens with zero attached hydrogens (tertiary/aromatic N) is 2. The molecule has 1 aliphatic carbocycles. The summed E-state index contributed by atoms with van der Waals surface area (Å²) in [7, 11) is 3.69. The Kier molecular flexibility index (Phi) is 3.76. The molecule has 0 bridgehead atoms. The van der Waals surface area contributed by atoms with E-state index in [-0.39, 0.29) is 11.9 Å². The molecule has 3 rings (SSSR count). The van der Waals surface area contributed by atoms with Crippen molar-refractivity contribution in [2.75, 3.05) is 33.7 Å². The summed E-state index contributed by atoms with van der Waals surface area (Å²) < 4.78 is 0. The topological polar surface area (TPSA) is 35.6 Å². The zero-order valence-electron chi connectivity index (χ0n) is 12.3. The van der Waals surface area contributed by atoms with E-state index in [0.717, 1.165) is 32.5 Å². The predicted octanol–water partition coefficient (Wildman–Crippen LogP) is 0.516. The first-order chi connectivity index (χ1) is 9.66. The van der Waals surface area contributed by atoms with Gasteiger partial charge in [-0.15, -0.1) is 0 Å². The summed E-state index contributed by atoms with van der Waals surface area (Å²) in [5.41, 5.74) is 2.90. The molecule has 4 heteroatoms. The molecule has 1 unspecified atom stereocenters. The normalized spacial score (nSPS) is 23.6.